The summed E-state index contributed by atoms with van der Waals surface area (Å²) in [6.07, 6.45) is 2.97. The van der Waals surface area contributed by atoms with Crippen LogP contribution in [0.4, 0.5) is 0 Å². The van der Waals surface area contributed by atoms with Crippen LogP contribution in [0.15, 0.2) is 47.5 Å². The minimum absolute atomic E-state index is 0. The Labute approximate surface area is 208 Å². The quantitative estimate of drug-likeness (QED) is 0.168. The van der Waals surface area contributed by atoms with Gasteiger partial charge in [0, 0.05) is 26.7 Å². The van der Waals surface area contributed by atoms with Gasteiger partial charge in [0.05, 0.1) is 27.9 Å². The molecule has 0 radical (unpaired) electrons. The predicted molar refractivity (Wildman–Crippen MR) is 140 cm³/mol. The van der Waals surface area contributed by atoms with Gasteiger partial charge in [0.15, 0.2) is 17.5 Å². The normalized spacial score (nSPS) is 10.8. The van der Waals surface area contributed by atoms with Gasteiger partial charge < -0.3 is 29.6 Å². The molecule has 0 aromatic heterocycles. The summed E-state index contributed by atoms with van der Waals surface area (Å²) in [4.78, 5) is 4.28. The minimum atomic E-state index is 0. The van der Waals surface area contributed by atoms with E-state index in [1.54, 1.807) is 28.4 Å². The monoisotopic (exact) mass is 557 g/mol. The van der Waals surface area contributed by atoms with Gasteiger partial charge in [0.25, 0.3) is 0 Å². The zero-order valence-corrected chi connectivity index (χ0v) is 21.8. The largest absolute Gasteiger partial charge is 0.493 e. The highest BCUT2D eigenvalue weighted by atomic mass is 127. The molecule has 7 nitrogen and oxygen atoms in total. The van der Waals surface area contributed by atoms with E-state index in [0.29, 0.717) is 23.8 Å². The number of guanidine groups is 1. The summed E-state index contributed by atoms with van der Waals surface area (Å²) in [5.41, 5.74) is 2.32. The molecule has 0 bridgehead atoms. The summed E-state index contributed by atoms with van der Waals surface area (Å²) in [6.45, 7) is 2.94. The van der Waals surface area contributed by atoms with Crippen molar-refractivity contribution in [3.63, 3.8) is 0 Å². The Morgan fingerprint density at radius 2 is 1.53 bits per heavy atom. The zero-order valence-electron chi connectivity index (χ0n) is 19.5. The molecule has 0 atom stereocenters. The topological polar surface area (TPSA) is 73.3 Å². The van der Waals surface area contributed by atoms with Gasteiger partial charge in [-0.1, -0.05) is 30.3 Å². The Balaban J connectivity index is 0.00000512. The molecular weight excluding hydrogens is 521 g/mol. The number of rotatable bonds is 13. The lowest BCUT2D eigenvalue weighted by Crippen LogP contribution is -2.37. The Morgan fingerprint density at radius 1 is 0.844 bits per heavy atom. The van der Waals surface area contributed by atoms with Crippen molar-refractivity contribution in [2.24, 2.45) is 4.99 Å². The van der Waals surface area contributed by atoms with Crippen molar-refractivity contribution in [1.82, 2.24) is 10.6 Å². The standard InChI is InChI=1S/C24H35N3O4.HI/c1-25-24(26-13-8-9-14-31-15-12-19-10-6-5-7-11-19)27-18-20-16-21(28-2)23(30-4)22(17-20)29-3;/h5-7,10-11,16-17H,8-9,12-15,18H2,1-4H3,(H2,25,26,27);1H. The molecule has 2 aromatic rings. The lowest BCUT2D eigenvalue weighted by Gasteiger charge is -2.16. The highest BCUT2D eigenvalue weighted by Gasteiger charge is 2.13. The van der Waals surface area contributed by atoms with Gasteiger partial charge in [-0.3, -0.25) is 4.99 Å². The van der Waals surface area contributed by atoms with Crippen LogP contribution in [0.2, 0.25) is 0 Å². The minimum Gasteiger partial charge on any atom is -0.493 e. The second kappa shape index (κ2) is 16.4. The molecule has 8 heteroatoms. The number of benzene rings is 2. The second-order valence-corrected chi connectivity index (χ2v) is 6.94. The van der Waals surface area contributed by atoms with Crippen LogP contribution in [-0.4, -0.2) is 54.1 Å². The van der Waals surface area contributed by atoms with Gasteiger partial charge in [0.2, 0.25) is 5.75 Å². The van der Waals surface area contributed by atoms with Crippen LogP contribution in [0.5, 0.6) is 17.2 Å². The molecule has 0 aliphatic heterocycles. The summed E-state index contributed by atoms with van der Waals surface area (Å²) in [5, 5.41) is 6.64. The molecule has 2 N–H and O–H groups in total. The maximum Gasteiger partial charge on any atom is 0.203 e. The number of hydrogen-bond acceptors (Lipinski definition) is 5. The molecule has 0 saturated heterocycles. The van der Waals surface area contributed by atoms with Crippen molar-refractivity contribution >= 4 is 29.9 Å². The van der Waals surface area contributed by atoms with Gasteiger partial charge in [-0.15, -0.1) is 24.0 Å². The summed E-state index contributed by atoms with van der Waals surface area (Å²) in [5.74, 6) is 2.60. The SMILES string of the molecule is CN=C(NCCCCOCCc1ccccc1)NCc1cc(OC)c(OC)c(OC)c1.I. The highest BCUT2D eigenvalue weighted by molar-refractivity contribution is 14.0. The Bertz CT molecular complexity index is 778. The fourth-order valence-electron chi connectivity index (χ4n) is 3.12. The van der Waals surface area contributed by atoms with Crippen molar-refractivity contribution < 1.29 is 18.9 Å². The van der Waals surface area contributed by atoms with E-state index in [1.165, 1.54) is 5.56 Å². The molecule has 0 saturated carbocycles. The van der Waals surface area contributed by atoms with Crippen LogP contribution >= 0.6 is 24.0 Å². The predicted octanol–water partition coefficient (Wildman–Crippen LogP) is 4.03. The third-order valence-corrected chi connectivity index (χ3v) is 4.79. The maximum absolute atomic E-state index is 5.73. The maximum atomic E-state index is 5.73. The van der Waals surface area contributed by atoms with E-state index >= 15 is 0 Å². The van der Waals surface area contributed by atoms with E-state index in [0.717, 1.165) is 50.5 Å². The van der Waals surface area contributed by atoms with E-state index in [-0.39, 0.29) is 24.0 Å². The van der Waals surface area contributed by atoms with Gasteiger partial charge in [-0.25, -0.2) is 0 Å². The molecule has 0 aliphatic rings. The van der Waals surface area contributed by atoms with Crippen LogP contribution in [0.25, 0.3) is 0 Å². The van der Waals surface area contributed by atoms with E-state index in [1.807, 2.05) is 18.2 Å². The van der Waals surface area contributed by atoms with Crippen LogP contribution in [0.3, 0.4) is 0 Å². The molecule has 2 aromatic carbocycles. The number of ether oxygens (including phenoxy) is 4. The molecule has 32 heavy (non-hydrogen) atoms. The first-order valence-corrected chi connectivity index (χ1v) is 10.6. The highest BCUT2D eigenvalue weighted by Crippen LogP contribution is 2.38. The average molecular weight is 557 g/mol. The number of methoxy groups -OCH3 is 3. The van der Waals surface area contributed by atoms with Crippen molar-refractivity contribution in [2.45, 2.75) is 25.8 Å². The van der Waals surface area contributed by atoms with Crippen LogP contribution < -0.4 is 24.8 Å². The van der Waals surface area contributed by atoms with Gasteiger partial charge in [-0.05, 0) is 42.5 Å². The number of nitrogens with zero attached hydrogens (tertiary/aromatic N) is 1. The first-order chi connectivity index (χ1) is 15.2. The number of hydrogen-bond donors (Lipinski definition) is 2. The van der Waals surface area contributed by atoms with Gasteiger partial charge >= 0.3 is 0 Å². The molecular formula is C24H36IN3O4. The van der Waals surface area contributed by atoms with Gasteiger partial charge in [0.1, 0.15) is 0 Å². The van der Waals surface area contributed by atoms with Crippen LogP contribution in [0, 0.1) is 0 Å². The van der Waals surface area contributed by atoms with Crippen LogP contribution in [0.1, 0.15) is 24.0 Å². The van der Waals surface area contributed by atoms with E-state index in [4.69, 9.17) is 18.9 Å². The third-order valence-electron chi connectivity index (χ3n) is 4.79. The molecule has 0 aliphatic carbocycles. The second-order valence-electron chi connectivity index (χ2n) is 6.94. The van der Waals surface area contributed by atoms with Crippen molar-refractivity contribution in [3.8, 4) is 17.2 Å². The Morgan fingerprint density at radius 3 is 2.12 bits per heavy atom. The molecule has 2 rings (SSSR count). The average Bonchev–Trinajstić information content (AvgIpc) is 2.82. The Hall–Kier alpha value is -2.20. The number of unbranched alkanes of at least 4 members (excludes halogenated alkanes) is 1. The number of nitrogens with one attached hydrogen (secondary N) is 2. The fraction of sp³-hybridized carbons (Fsp3) is 0.458. The zero-order chi connectivity index (χ0) is 22.3. The lowest BCUT2D eigenvalue weighted by atomic mass is 10.2. The summed E-state index contributed by atoms with van der Waals surface area (Å²) in [6, 6.07) is 14.3. The Kier molecular flexibility index (Phi) is 14.3. The van der Waals surface area contributed by atoms with Crippen molar-refractivity contribution in [2.75, 3.05) is 48.1 Å². The third kappa shape index (κ3) is 9.52. The van der Waals surface area contributed by atoms with E-state index in [9.17, 15) is 0 Å². The van der Waals surface area contributed by atoms with E-state index < -0.39 is 0 Å². The van der Waals surface area contributed by atoms with Crippen molar-refractivity contribution in [1.29, 1.82) is 0 Å². The lowest BCUT2D eigenvalue weighted by molar-refractivity contribution is 0.133. The first kappa shape index (κ1) is 27.8. The summed E-state index contributed by atoms with van der Waals surface area (Å²) in [7, 11) is 6.58. The number of halogens is 1. The summed E-state index contributed by atoms with van der Waals surface area (Å²) < 4.78 is 21.9. The summed E-state index contributed by atoms with van der Waals surface area (Å²) >= 11 is 0. The smallest absolute Gasteiger partial charge is 0.203 e. The molecule has 178 valence electrons. The number of aliphatic imine (C=N–C) groups is 1. The molecule has 0 fully saturated rings. The van der Waals surface area contributed by atoms with Crippen LogP contribution in [-0.2, 0) is 17.7 Å². The first-order valence-electron chi connectivity index (χ1n) is 10.6. The molecule has 0 heterocycles. The van der Waals surface area contributed by atoms with Crippen molar-refractivity contribution in [3.05, 3.63) is 53.6 Å². The fourth-order valence-corrected chi connectivity index (χ4v) is 3.12. The van der Waals surface area contributed by atoms with E-state index in [2.05, 4.69) is 39.9 Å². The van der Waals surface area contributed by atoms with Gasteiger partial charge in [-0.2, -0.15) is 0 Å². The molecule has 0 amide bonds. The molecule has 0 spiro atoms. The molecule has 0 unspecified atom stereocenters.